The maximum absolute atomic E-state index is 5.23. The van der Waals surface area contributed by atoms with Gasteiger partial charge in [0.15, 0.2) is 0 Å². The zero-order chi connectivity index (χ0) is 16.9. The minimum absolute atomic E-state index is 0.743. The van der Waals surface area contributed by atoms with Crippen LogP contribution in [0.25, 0.3) is 0 Å². The SMILES string of the molecule is COc1ccc(CC2CCN(Cc3ccc(N(C)C)nc3)C2)cc1. The van der Waals surface area contributed by atoms with E-state index < -0.39 is 0 Å². The lowest BCUT2D eigenvalue weighted by Crippen LogP contribution is -2.21. The molecule has 1 saturated heterocycles. The Balaban J connectivity index is 1.51. The quantitative estimate of drug-likeness (QED) is 0.815. The van der Waals surface area contributed by atoms with Crippen LogP contribution in [0.5, 0.6) is 5.75 Å². The van der Waals surface area contributed by atoms with E-state index in [1.165, 1.54) is 30.6 Å². The van der Waals surface area contributed by atoms with Gasteiger partial charge in [-0.2, -0.15) is 0 Å². The Morgan fingerprint density at radius 1 is 1.12 bits per heavy atom. The van der Waals surface area contributed by atoms with Crippen LogP contribution in [0.3, 0.4) is 0 Å². The van der Waals surface area contributed by atoms with E-state index >= 15 is 0 Å². The van der Waals surface area contributed by atoms with Gasteiger partial charge in [0.25, 0.3) is 0 Å². The molecule has 0 amide bonds. The molecule has 0 N–H and O–H groups in total. The van der Waals surface area contributed by atoms with E-state index in [4.69, 9.17) is 4.74 Å². The van der Waals surface area contributed by atoms with Gasteiger partial charge in [-0.25, -0.2) is 4.98 Å². The second-order valence-electron chi connectivity index (χ2n) is 6.86. The third-order valence-corrected chi connectivity index (χ3v) is 4.73. The molecule has 0 spiro atoms. The van der Waals surface area contributed by atoms with Gasteiger partial charge in [-0.05, 0) is 54.6 Å². The van der Waals surface area contributed by atoms with Crippen molar-refractivity contribution < 1.29 is 4.74 Å². The number of anilines is 1. The molecule has 1 aromatic carbocycles. The Kier molecular flexibility index (Phi) is 5.36. The van der Waals surface area contributed by atoms with E-state index in [9.17, 15) is 0 Å². The van der Waals surface area contributed by atoms with Crippen molar-refractivity contribution in [2.24, 2.45) is 5.92 Å². The Morgan fingerprint density at radius 2 is 1.88 bits per heavy atom. The molecule has 2 heterocycles. The van der Waals surface area contributed by atoms with Crippen molar-refractivity contribution in [3.05, 3.63) is 53.7 Å². The van der Waals surface area contributed by atoms with Crippen LogP contribution < -0.4 is 9.64 Å². The van der Waals surface area contributed by atoms with Gasteiger partial charge in [0, 0.05) is 33.4 Å². The number of methoxy groups -OCH3 is 1. The van der Waals surface area contributed by atoms with Gasteiger partial charge in [-0.1, -0.05) is 18.2 Å². The van der Waals surface area contributed by atoms with Gasteiger partial charge < -0.3 is 9.64 Å². The van der Waals surface area contributed by atoms with Gasteiger partial charge >= 0.3 is 0 Å². The summed E-state index contributed by atoms with van der Waals surface area (Å²) in [4.78, 5) is 9.09. The van der Waals surface area contributed by atoms with Gasteiger partial charge in [0.1, 0.15) is 11.6 Å². The minimum Gasteiger partial charge on any atom is -0.497 e. The van der Waals surface area contributed by atoms with E-state index in [0.29, 0.717) is 0 Å². The van der Waals surface area contributed by atoms with Crippen LogP contribution in [0, 0.1) is 5.92 Å². The van der Waals surface area contributed by atoms with Crippen molar-refractivity contribution in [2.45, 2.75) is 19.4 Å². The first kappa shape index (κ1) is 16.8. The Bertz CT molecular complexity index is 637. The fourth-order valence-corrected chi connectivity index (χ4v) is 3.35. The first-order chi connectivity index (χ1) is 11.6. The first-order valence-corrected chi connectivity index (χ1v) is 8.61. The van der Waals surface area contributed by atoms with Crippen LogP contribution >= 0.6 is 0 Å². The number of likely N-dealkylation sites (tertiary alicyclic amines) is 1. The van der Waals surface area contributed by atoms with E-state index in [0.717, 1.165) is 30.5 Å². The summed E-state index contributed by atoms with van der Waals surface area (Å²) >= 11 is 0. The van der Waals surface area contributed by atoms with Crippen molar-refractivity contribution in [1.29, 1.82) is 0 Å². The van der Waals surface area contributed by atoms with Crippen LogP contribution in [-0.4, -0.2) is 44.2 Å². The van der Waals surface area contributed by atoms with Crippen LogP contribution in [0.4, 0.5) is 5.82 Å². The lowest BCUT2D eigenvalue weighted by molar-refractivity contribution is 0.316. The predicted molar refractivity (Wildman–Crippen MR) is 98.6 cm³/mol. The summed E-state index contributed by atoms with van der Waals surface area (Å²) in [5.74, 6) is 2.69. The van der Waals surface area contributed by atoms with Gasteiger partial charge in [0.2, 0.25) is 0 Å². The summed E-state index contributed by atoms with van der Waals surface area (Å²) in [5, 5.41) is 0. The van der Waals surface area contributed by atoms with Crippen molar-refractivity contribution in [2.75, 3.05) is 39.2 Å². The smallest absolute Gasteiger partial charge is 0.127 e. The topological polar surface area (TPSA) is 28.6 Å². The molecule has 24 heavy (non-hydrogen) atoms. The molecule has 3 rings (SSSR count). The number of nitrogens with zero attached hydrogens (tertiary/aromatic N) is 3. The number of ether oxygens (including phenoxy) is 1. The van der Waals surface area contributed by atoms with Crippen LogP contribution in [0.1, 0.15) is 17.5 Å². The molecule has 0 radical (unpaired) electrons. The molecule has 128 valence electrons. The number of hydrogen-bond acceptors (Lipinski definition) is 4. The molecule has 0 aliphatic carbocycles. The molecular formula is C20H27N3O. The maximum Gasteiger partial charge on any atom is 0.127 e. The van der Waals surface area contributed by atoms with E-state index in [1.807, 2.05) is 25.2 Å². The summed E-state index contributed by atoms with van der Waals surface area (Å²) < 4.78 is 5.23. The molecule has 1 fully saturated rings. The third kappa shape index (κ3) is 4.26. The predicted octanol–water partition coefficient (Wildman–Crippen LogP) is 3.22. The number of rotatable bonds is 6. The first-order valence-electron chi connectivity index (χ1n) is 8.61. The molecule has 1 atom stereocenters. The standard InChI is InChI=1S/C20H27N3O/c1-22(2)20-9-6-18(13-21-20)15-23-11-10-17(14-23)12-16-4-7-19(24-3)8-5-16/h4-9,13,17H,10-12,14-15H2,1-3H3. The molecule has 0 saturated carbocycles. The Hall–Kier alpha value is -2.07. The van der Waals surface area contributed by atoms with Crippen molar-refractivity contribution in [1.82, 2.24) is 9.88 Å². The van der Waals surface area contributed by atoms with E-state index in [1.54, 1.807) is 7.11 Å². The van der Waals surface area contributed by atoms with Gasteiger partial charge in [-0.15, -0.1) is 0 Å². The average Bonchev–Trinajstić information content (AvgIpc) is 3.03. The number of benzene rings is 1. The highest BCUT2D eigenvalue weighted by atomic mass is 16.5. The van der Waals surface area contributed by atoms with Crippen molar-refractivity contribution >= 4 is 5.82 Å². The van der Waals surface area contributed by atoms with Crippen molar-refractivity contribution in [3.63, 3.8) is 0 Å². The summed E-state index contributed by atoms with van der Waals surface area (Å²) in [6, 6.07) is 12.8. The highest BCUT2D eigenvalue weighted by molar-refractivity contribution is 5.37. The molecule has 2 aromatic rings. The molecule has 4 nitrogen and oxygen atoms in total. The minimum atomic E-state index is 0.743. The second-order valence-corrected chi connectivity index (χ2v) is 6.86. The molecule has 0 bridgehead atoms. The fourth-order valence-electron chi connectivity index (χ4n) is 3.35. The molecular weight excluding hydrogens is 298 g/mol. The molecule has 1 aromatic heterocycles. The van der Waals surface area contributed by atoms with Crippen LogP contribution in [-0.2, 0) is 13.0 Å². The molecule has 1 aliphatic rings. The van der Waals surface area contributed by atoms with E-state index in [-0.39, 0.29) is 0 Å². The highest BCUT2D eigenvalue weighted by Crippen LogP contribution is 2.23. The highest BCUT2D eigenvalue weighted by Gasteiger charge is 2.22. The Labute approximate surface area is 145 Å². The summed E-state index contributed by atoms with van der Waals surface area (Å²) in [6.45, 7) is 3.34. The van der Waals surface area contributed by atoms with Crippen LogP contribution in [0.2, 0.25) is 0 Å². The second kappa shape index (κ2) is 7.67. The van der Waals surface area contributed by atoms with Gasteiger partial charge in [-0.3, -0.25) is 4.90 Å². The van der Waals surface area contributed by atoms with Gasteiger partial charge in [0.05, 0.1) is 7.11 Å². The fraction of sp³-hybridized carbons (Fsp3) is 0.450. The summed E-state index contributed by atoms with van der Waals surface area (Å²) in [5.41, 5.74) is 2.70. The molecule has 4 heteroatoms. The van der Waals surface area contributed by atoms with Crippen LogP contribution in [0.15, 0.2) is 42.6 Å². The number of pyridine rings is 1. The zero-order valence-corrected chi connectivity index (χ0v) is 14.9. The van der Waals surface area contributed by atoms with E-state index in [2.05, 4.69) is 46.3 Å². The number of hydrogen-bond donors (Lipinski definition) is 0. The number of aromatic nitrogens is 1. The molecule has 1 unspecified atom stereocenters. The largest absolute Gasteiger partial charge is 0.497 e. The lowest BCUT2D eigenvalue weighted by atomic mass is 9.99. The monoisotopic (exact) mass is 325 g/mol. The van der Waals surface area contributed by atoms with Crippen molar-refractivity contribution in [3.8, 4) is 5.75 Å². The Morgan fingerprint density at radius 3 is 2.50 bits per heavy atom. The average molecular weight is 325 g/mol. The maximum atomic E-state index is 5.23. The summed E-state index contributed by atoms with van der Waals surface area (Å²) in [7, 11) is 5.75. The normalized spacial score (nSPS) is 17.9. The summed E-state index contributed by atoms with van der Waals surface area (Å²) in [6.07, 6.45) is 4.43. The zero-order valence-electron chi connectivity index (χ0n) is 14.9. The molecule has 1 aliphatic heterocycles. The third-order valence-electron chi connectivity index (χ3n) is 4.73. The lowest BCUT2D eigenvalue weighted by Gasteiger charge is -2.17.